The first kappa shape index (κ1) is 9.83. The van der Waals surface area contributed by atoms with Gasteiger partial charge in [0.05, 0.1) is 0 Å². The van der Waals surface area contributed by atoms with Gasteiger partial charge in [0, 0.05) is 0 Å². The third kappa shape index (κ3) is 2.34. The Kier molecular flexibility index (Phi) is 2.75. The zero-order valence-corrected chi connectivity index (χ0v) is 6.65. The largest absolute Gasteiger partial charge is 0.429 e. The molecule has 13 heavy (non-hydrogen) atoms. The Morgan fingerprint density at radius 3 is 2.00 bits per heavy atom. The first-order valence-electron chi connectivity index (χ1n) is 3.41. The van der Waals surface area contributed by atoms with Crippen molar-refractivity contribution in [2.75, 3.05) is 0 Å². The molecule has 72 valence electrons. The molecule has 0 fully saturated rings. The molecule has 0 aromatic heterocycles. The summed E-state index contributed by atoms with van der Waals surface area (Å²) in [5.74, 6) is -3.30. The van der Waals surface area contributed by atoms with Crippen LogP contribution in [-0.4, -0.2) is 6.61 Å². The summed E-state index contributed by atoms with van der Waals surface area (Å²) in [6, 6.07) is 1.83. The minimum absolute atomic E-state index is 0.302. The van der Waals surface area contributed by atoms with Gasteiger partial charge >= 0.3 is 6.61 Å². The number of aryl methyl sites for hydroxylation is 1. The molecule has 0 saturated carbocycles. The van der Waals surface area contributed by atoms with E-state index in [0.29, 0.717) is 5.56 Å². The van der Waals surface area contributed by atoms with Gasteiger partial charge in [0.25, 0.3) is 0 Å². The van der Waals surface area contributed by atoms with Gasteiger partial charge in [0.1, 0.15) is 0 Å². The Labute approximate surface area is 71.9 Å². The molecule has 0 aliphatic carbocycles. The van der Waals surface area contributed by atoms with Gasteiger partial charge < -0.3 is 4.74 Å². The molecule has 0 bridgehead atoms. The highest BCUT2D eigenvalue weighted by Crippen LogP contribution is 2.24. The third-order valence-corrected chi connectivity index (χ3v) is 1.35. The molecular formula is C8H6F4O. The van der Waals surface area contributed by atoms with Crippen LogP contribution in [0.25, 0.3) is 0 Å². The predicted octanol–water partition coefficient (Wildman–Crippen LogP) is 2.87. The van der Waals surface area contributed by atoms with Crippen molar-refractivity contribution < 1.29 is 22.3 Å². The van der Waals surface area contributed by atoms with Gasteiger partial charge in [-0.2, -0.15) is 8.78 Å². The number of alkyl halides is 2. The van der Waals surface area contributed by atoms with Gasteiger partial charge in [-0.3, -0.25) is 0 Å². The zero-order valence-electron chi connectivity index (χ0n) is 6.65. The van der Waals surface area contributed by atoms with Gasteiger partial charge in [-0.05, 0) is 24.6 Å². The molecule has 1 aromatic rings. The summed E-state index contributed by atoms with van der Waals surface area (Å²) >= 11 is 0. The van der Waals surface area contributed by atoms with Gasteiger partial charge in [0.2, 0.25) is 0 Å². The number of halogens is 4. The molecule has 0 unspecified atom stereocenters. The summed E-state index contributed by atoms with van der Waals surface area (Å²) < 4.78 is 52.4. The zero-order chi connectivity index (χ0) is 10.0. The molecule has 0 heterocycles. The average Bonchev–Trinajstić information content (AvgIpc) is 1.96. The molecule has 0 amide bonds. The van der Waals surface area contributed by atoms with E-state index >= 15 is 0 Å². The first-order chi connectivity index (χ1) is 6.00. The quantitative estimate of drug-likeness (QED) is 0.657. The molecule has 1 nitrogen and oxygen atoms in total. The van der Waals surface area contributed by atoms with Crippen LogP contribution in [0.4, 0.5) is 17.6 Å². The number of hydrogen-bond donors (Lipinski definition) is 0. The second-order valence-corrected chi connectivity index (χ2v) is 2.44. The maximum Gasteiger partial charge on any atom is 0.387 e. The fourth-order valence-corrected chi connectivity index (χ4v) is 0.888. The van der Waals surface area contributed by atoms with Crippen LogP contribution in [0.1, 0.15) is 5.56 Å². The van der Waals surface area contributed by atoms with Gasteiger partial charge in [-0.1, -0.05) is 0 Å². The van der Waals surface area contributed by atoms with Crippen molar-refractivity contribution in [3.8, 4) is 5.75 Å². The van der Waals surface area contributed by atoms with Gasteiger partial charge in [-0.25, -0.2) is 8.78 Å². The van der Waals surface area contributed by atoms with Crippen LogP contribution < -0.4 is 4.74 Å². The number of rotatable bonds is 2. The van der Waals surface area contributed by atoms with Crippen molar-refractivity contribution in [2.45, 2.75) is 13.5 Å². The molecule has 0 saturated heterocycles. The molecule has 5 heteroatoms. The van der Waals surface area contributed by atoms with Crippen molar-refractivity contribution in [1.29, 1.82) is 0 Å². The molecule has 0 atom stereocenters. The van der Waals surface area contributed by atoms with E-state index < -0.39 is 24.0 Å². The molecule has 0 spiro atoms. The van der Waals surface area contributed by atoms with E-state index in [4.69, 9.17) is 0 Å². The van der Waals surface area contributed by atoms with Crippen molar-refractivity contribution in [2.24, 2.45) is 0 Å². The van der Waals surface area contributed by atoms with Crippen LogP contribution in [0, 0.1) is 18.6 Å². The van der Waals surface area contributed by atoms with E-state index in [2.05, 4.69) is 4.74 Å². The van der Waals surface area contributed by atoms with Crippen molar-refractivity contribution in [3.63, 3.8) is 0 Å². The van der Waals surface area contributed by atoms with Crippen molar-refractivity contribution in [3.05, 3.63) is 29.3 Å². The smallest absolute Gasteiger partial charge is 0.387 e. The maximum absolute atomic E-state index is 12.8. The summed E-state index contributed by atoms with van der Waals surface area (Å²) in [7, 11) is 0. The van der Waals surface area contributed by atoms with Gasteiger partial charge in [-0.15, -0.1) is 0 Å². The lowest BCUT2D eigenvalue weighted by atomic mass is 10.2. The standard InChI is InChI=1S/C8H6F4O/c1-4-2-5(9)7(6(10)3-4)13-8(11)12/h2-3,8H,1H3. The number of benzene rings is 1. The SMILES string of the molecule is Cc1cc(F)c(OC(F)F)c(F)c1. The highest BCUT2D eigenvalue weighted by molar-refractivity contribution is 5.30. The molecule has 0 aliphatic rings. The minimum Gasteiger partial charge on any atom is -0.429 e. The van der Waals surface area contributed by atoms with Crippen LogP contribution in [0.15, 0.2) is 12.1 Å². The topological polar surface area (TPSA) is 9.23 Å². The van der Waals surface area contributed by atoms with E-state index in [9.17, 15) is 17.6 Å². The third-order valence-electron chi connectivity index (χ3n) is 1.35. The highest BCUT2D eigenvalue weighted by Gasteiger charge is 2.15. The molecular weight excluding hydrogens is 188 g/mol. The second kappa shape index (κ2) is 3.64. The van der Waals surface area contributed by atoms with E-state index in [1.165, 1.54) is 6.92 Å². The predicted molar refractivity (Wildman–Crippen MR) is 37.7 cm³/mol. The van der Waals surface area contributed by atoms with Crippen LogP contribution in [-0.2, 0) is 0 Å². The Morgan fingerprint density at radius 2 is 1.62 bits per heavy atom. The normalized spacial score (nSPS) is 10.6. The molecule has 0 N–H and O–H groups in total. The average molecular weight is 194 g/mol. The van der Waals surface area contributed by atoms with E-state index in [-0.39, 0.29) is 0 Å². The number of ether oxygens (including phenoxy) is 1. The summed E-state index contributed by atoms with van der Waals surface area (Å²) in [5.41, 5.74) is 0.302. The molecule has 1 aromatic carbocycles. The summed E-state index contributed by atoms with van der Waals surface area (Å²) in [4.78, 5) is 0. The van der Waals surface area contributed by atoms with Crippen LogP contribution in [0.3, 0.4) is 0 Å². The van der Waals surface area contributed by atoms with Crippen molar-refractivity contribution in [1.82, 2.24) is 0 Å². The molecule has 0 aliphatic heterocycles. The monoisotopic (exact) mass is 194 g/mol. The van der Waals surface area contributed by atoms with E-state index in [0.717, 1.165) is 12.1 Å². The summed E-state index contributed by atoms with van der Waals surface area (Å²) in [5, 5.41) is 0. The van der Waals surface area contributed by atoms with Gasteiger partial charge in [0.15, 0.2) is 17.4 Å². The molecule has 1 rings (SSSR count). The Hall–Kier alpha value is -1.26. The Morgan fingerprint density at radius 1 is 1.15 bits per heavy atom. The lowest BCUT2D eigenvalue weighted by molar-refractivity contribution is -0.0546. The fraction of sp³-hybridized carbons (Fsp3) is 0.250. The second-order valence-electron chi connectivity index (χ2n) is 2.44. The first-order valence-corrected chi connectivity index (χ1v) is 3.41. The van der Waals surface area contributed by atoms with Crippen LogP contribution in [0.5, 0.6) is 5.75 Å². The lowest BCUT2D eigenvalue weighted by Crippen LogP contribution is -2.05. The van der Waals surface area contributed by atoms with E-state index in [1.54, 1.807) is 0 Å². The molecule has 0 radical (unpaired) electrons. The summed E-state index contributed by atoms with van der Waals surface area (Å²) in [6.45, 7) is -1.79. The fourth-order valence-electron chi connectivity index (χ4n) is 0.888. The maximum atomic E-state index is 12.8. The Balaban J connectivity index is 3.06. The van der Waals surface area contributed by atoms with Crippen molar-refractivity contribution >= 4 is 0 Å². The van der Waals surface area contributed by atoms with Crippen LogP contribution in [0.2, 0.25) is 0 Å². The summed E-state index contributed by atoms with van der Waals surface area (Å²) in [6.07, 6.45) is 0. The highest BCUT2D eigenvalue weighted by atomic mass is 19.3. The number of hydrogen-bond acceptors (Lipinski definition) is 1. The Bertz CT molecular complexity index is 288. The van der Waals surface area contributed by atoms with E-state index in [1.807, 2.05) is 0 Å². The lowest BCUT2D eigenvalue weighted by Gasteiger charge is -2.06. The van der Waals surface area contributed by atoms with Crippen LogP contribution >= 0.6 is 0 Å². The minimum atomic E-state index is -3.23.